The predicted molar refractivity (Wildman–Crippen MR) is 64.6 cm³/mol. The zero-order valence-electron chi connectivity index (χ0n) is 10.1. The van der Waals surface area contributed by atoms with Gasteiger partial charge in [0.15, 0.2) is 0 Å². The number of hydrogen-bond donors (Lipinski definition) is 0. The highest BCUT2D eigenvalue weighted by Crippen LogP contribution is 2.24. The van der Waals surface area contributed by atoms with Gasteiger partial charge < -0.3 is 9.30 Å². The smallest absolute Gasteiger partial charge is 0.147 e. The van der Waals surface area contributed by atoms with Gasteiger partial charge >= 0.3 is 0 Å². The third-order valence-corrected chi connectivity index (χ3v) is 2.79. The summed E-state index contributed by atoms with van der Waals surface area (Å²) in [6.07, 6.45) is 0. The minimum Gasteiger partial charge on any atom is -0.497 e. The zero-order chi connectivity index (χ0) is 12.4. The van der Waals surface area contributed by atoms with Gasteiger partial charge in [-0.15, -0.1) is 0 Å². The van der Waals surface area contributed by atoms with Gasteiger partial charge in [0.2, 0.25) is 0 Å². The lowest BCUT2D eigenvalue weighted by Gasteiger charge is -2.01. The lowest BCUT2D eigenvalue weighted by molar-refractivity contribution is 0.415. The Balaban J connectivity index is 2.53. The molecule has 0 fully saturated rings. The van der Waals surface area contributed by atoms with Crippen molar-refractivity contribution in [3.8, 4) is 23.1 Å². The van der Waals surface area contributed by atoms with Crippen LogP contribution in [0.4, 0.5) is 0 Å². The summed E-state index contributed by atoms with van der Waals surface area (Å²) in [5, 5.41) is 9.14. The van der Waals surface area contributed by atoms with E-state index in [9.17, 15) is 0 Å². The van der Waals surface area contributed by atoms with Crippen molar-refractivity contribution < 1.29 is 4.74 Å². The monoisotopic (exact) mass is 227 g/mol. The molecular weight excluding hydrogens is 214 g/mol. The van der Waals surface area contributed by atoms with E-state index >= 15 is 0 Å². The van der Waals surface area contributed by atoms with Crippen LogP contribution in [0.3, 0.4) is 0 Å². The first-order chi connectivity index (χ1) is 8.17. The van der Waals surface area contributed by atoms with Gasteiger partial charge in [0, 0.05) is 12.6 Å². The molecule has 0 atom stereocenters. The highest BCUT2D eigenvalue weighted by Gasteiger charge is 2.13. The molecule has 17 heavy (non-hydrogen) atoms. The SMILES string of the molecule is COc1ccc(-c2nc(C)n(C)c2C#N)cc1. The molecule has 1 aromatic carbocycles. The molecule has 0 aliphatic rings. The molecule has 1 aromatic heterocycles. The van der Waals surface area contributed by atoms with Crippen molar-refractivity contribution in [1.82, 2.24) is 9.55 Å². The Morgan fingerprint density at radius 2 is 1.94 bits per heavy atom. The average Bonchev–Trinajstić information content (AvgIpc) is 2.65. The van der Waals surface area contributed by atoms with E-state index in [1.165, 1.54) is 0 Å². The molecule has 0 amide bonds. The highest BCUT2D eigenvalue weighted by molar-refractivity contribution is 5.66. The average molecular weight is 227 g/mol. The quantitative estimate of drug-likeness (QED) is 0.790. The lowest BCUT2D eigenvalue weighted by atomic mass is 10.1. The van der Waals surface area contributed by atoms with Gasteiger partial charge in [0.25, 0.3) is 0 Å². The Morgan fingerprint density at radius 1 is 1.29 bits per heavy atom. The van der Waals surface area contributed by atoms with Gasteiger partial charge in [-0.25, -0.2) is 4.98 Å². The third kappa shape index (κ3) is 1.87. The van der Waals surface area contributed by atoms with E-state index in [1.807, 2.05) is 38.2 Å². The lowest BCUT2D eigenvalue weighted by Crippen LogP contribution is -1.94. The molecule has 0 bridgehead atoms. The summed E-state index contributed by atoms with van der Waals surface area (Å²) in [6, 6.07) is 9.71. The summed E-state index contributed by atoms with van der Waals surface area (Å²) in [5.74, 6) is 1.62. The van der Waals surface area contributed by atoms with E-state index in [0.717, 1.165) is 22.8 Å². The predicted octanol–water partition coefficient (Wildman–Crippen LogP) is 2.28. The van der Waals surface area contributed by atoms with Crippen LogP contribution in [-0.4, -0.2) is 16.7 Å². The van der Waals surface area contributed by atoms with Crippen LogP contribution in [-0.2, 0) is 7.05 Å². The van der Waals surface area contributed by atoms with Gasteiger partial charge in [-0.1, -0.05) is 0 Å². The van der Waals surface area contributed by atoms with Crippen LogP contribution in [0.15, 0.2) is 24.3 Å². The molecule has 0 aliphatic carbocycles. The fourth-order valence-corrected chi connectivity index (χ4v) is 1.69. The molecule has 0 saturated heterocycles. The maximum atomic E-state index is 9.14. The van der Waals surface area contributed by atoms with Crippen LogP contribution in [0.2, 0.25) is 0 Å². The number of ether oxygens (including phenoxy) is 1. The van der Waals surface area contributed by atoms with E-state index < -0.39 is 0 Å². The molecule has 0 radical (unpaired) electrons. The summed E-state index contributed by atoms with van der Waals surface area (Å²) >= 11 is 0. The van der Waals surface area contributed by atoms with Crippen LogP contribution in [0.25, 0.3) is 11.3 Å². The fraction of sp³-hybridized carbons (Fsp3) is 0.231. The van der Waals surface area contributed by atoms with Crippen molar-refractivity contribution >= 4 is 0 Å². The van der Waals surface area contributed by atoms with Crippen molar-refractivity contribution in [3.05, 3.63) is 35.8 Å². The van der Waals surface area contributed by atoms with E-state index in [1.54, 1.807) is 11.7 Å². The Hall–Kier alpha value is -2.28. The number of nitrogens with zero attached hydrogens (tertiary/aromatic N) is 3. The first kappa shape index (κ1) is 11.2. The standard InChI is InChI=1S/C13H13N3O/c1-9-15-13(12(8-14)16(9)2)10-4-6-11(17-3)7-5-10/h4-7H,1-3H3. The van der Waals surface area contributed by atoms with Crippen molar-refractivity contribution in [2.24, 2.45) is 7.05 Å². The number of aromatic nitrogens is 2. The Kier molecular flexibility index (Phi) is 2.84. The fourth-order valence-electron chi connectivity index (χ4n) is 1.69. The number of aryl methyl sites for hydroxylation is 1. The zero-order valence-corrected chi connectivity index (χ0v) is 10.1. The second kappa shape index (κ2) is 4.30. The second-order valence-corrected chi connectivity index (χ2v) is 3.76. The number of methoxy groups -OCH3 is 1. The van der Waals surface area contributed by atoms with Crippen LogP contribution < -0.4 is 4.74 Å². The molecule has 0 N–H and O–H groups in total. The van der Waals surface area contributed by atoms with Gasteiger partial charge in [-0.2, -0.15) is 5.26 Å². The van der Waals surface area contributed by atoms with E-state index in [0.29, 0.717) is 5.69 Å². The van der Waals surface area contributed by atoms with Crippen LogP contribution in [0.5, 0.6) is 5.75 Å². The minimum absolute atomic E-state index is 0.577. The Bertz CT molecular complexity index is 576. The minimum atomic E-state index is 0.577. The highest BCUT2D eigenvalue weighted by atomic mass is 16.5. The van der Waals surface area contributed by atoms with Gasteiger partial charge in [0.05, 0.1) is 7.11 Å². The van der Waals surface area contributed by atoms with Gasteiger partial charge in [-0.3, -0.25) is 0 Å². The molecule has 86 valence electrons. The summed E-state index contributed by atoms with van der Waals surface area (Å²) in [6.45, 7) is 1.88. The Morgan fingerprint density at radius 3 is 2.47 bits per heavy atom. The number of imidazole rings is 1. The number of rotatable bonds is 2. The van der Waals surface area contributed by atoms with Crippen LogP contribution >= 0.6 is 0 Å². The first-order valence-electron chi connectivity index (χ1n) is 5.25. The molecular formula is C13H13N3O. The molecule has 0 spiro atoms. The van der Waals surface area contributed by atoms with Crippen molar-refractivity contribution in [3.63, 3.8) is 0 Å². The number of benzene rings is 1. The molecule has 0 saturated carbocycles. The maximum absolute atomic E-state index is 9.14. The van der Waals surface area contributed by atoms with Gasteiger partial charge in [-0.05, 0) is 31.2 Å². The first-order valence-corrected chi connectivity index (χ1v) is 5.25. The van der Waals surface area contributed by atoms with Crippen molar-refractivity contribution in [2.75, 3.05) is 7.11 Å². The number of hydrogen-bond acceptors (Lipinski definition) is 3. The van der Waals surface area contributed by atoms with Gasteiger partial charge in [0.1, 0.15) is 29.0 Å². The number of nitriles is 1. The molecule has 2 rings (SSSR count). The Labute approximate surface area is 100 Å². The van der Waals surface area contributed by atoms with Crippen LogP contribution in [0.1, 0.15) is 11.5 Å². The molecule has 0 aliphatic heterocycles. The van der Waals surface area contributed by atoms with Crippen LogP contribution in [0, 0.1) is 18.3 Å². The van der Waals surface area contributed by atoms with Crippen molar-refractivity contribution in [2.45, 2.75) is 6.92 Å². The molecule has 4 nitrogen and oxygen atoms in total. The van der Waals surface area contributed by atoms with Crippen molar-refractivity contribution in [1.29, 1.82) is 5.26 Å². The second-order valence-electron chi connectivity index (χ2n) is 3.76. The topological polar surface area (TPSA) is 50.8 Å². The summed E-state index contributed by atoms with van der Waals surface area (Å²) in [4.78, 5) is 4.41. The summed E-state index contributed by atoms with van der Waals surface area (Å²) in [7, 11) is 3.47. The van der Waals surface area contributed by atoms with E-state index in [4.69, 9.17) is 10.00 Å². The molecule has 0 unspecified atom stereocenters. The maximum Gasteiger partial charge on any atom is 0.147 e. The third-order valence-electron chi connectivity index (χ3n) is 2.79. The summed E-state index contributed by atoms with van der Waals surface area (Å²) in [5.41, 5.74) is 2.22. The van der Waals surface area contributed by atoms with E-state index in [2.05, 4.69) is 11.1 Å². The summed E-state index contributed by atoms with van der Waals surface area (Å²) < 4.78 is 6.89. The molecule has 1 heterocycles. The van der Waals surface area contributed by atoms with E-state index in [-0.39, 0.29) is 0 Å². The molecule has 4 heteroatoms. The largest absolute Gasteiger partial charge is 0.497 e. The normalized spacial score (nSPS) is 10.0. The molecule has 2 aromatic rings.